The second-order valence-electron chi connectivity index (χ2n) is 5.39. The summed E-state index contributed by atoms with van der Waals surface area (Å²) in [5, 5.41) is 12.0. The fourth-order valence-corrected chi connectivity index (χ4v) is 3.70. The number of H-pyrrole nitrogens is 1. The Morgan fingerprint density at radius 1 is 1.12 bits per heavy atom. The lowest BCUT2D eigenvalue weighted by Gasteiger charge is -2.04. The normalized spacial score (nSPS) is 10.6. The van der Waals surface area contributed by atoms with Crippen molar-refractivity contribution in [2.45, 2.75) is 27.3 Å². The molecule has 0 bridgehead atoms. The van der Waals surface area contributed by atoms with E-state index < -0.39 is 0 Å². The number of aromatic amines is 1. The summed E-state index contributed by atoms with van der Waals surface area (Å²) in [4.78, 5) is 5.64. The number of nitrogens with zero attached hydrogens (tertiary/aromatic N) is 2. The summed E-state index contributed by atoms with van der Waals surface area (Å²) in [6.45, 7) is 6.72. The molecular weight excluding hydrogens is 332 g/mol. The number of hydrogen-bond acceptors (Lipinski definition) is 5. The summed E-state index contributed by atoms with van der Waals surface area (Å²) >= 11 is 1.66. The molecule has 0 unspecified atom stereocenters. The van der Waals surface area contributed by atoms with Crippen LogP contribution in [0.15, 0.2) is 36.4 Å². The van der Waals surface area contributed by atoms with Gasteiger partial charge in [0.2, 0.25) is 0 Å². The van der Waals surface area contributed by atoms with Crippen molar-refractivity contribution in [1.29, 1.82) is 0 Å². The fraction of sp³-hybridized carbons (Fsp3) is 0.263. The van der Waals surface area contributed by atoms with Gasteiger partial charge in [0.15, 0.2) is 5.82 Å². The van der Waals surface area contributed by atoms with Crippen molar-refractivity contribution in [1.82, 2.24) is 15.2 Å². The predicted molar refractivity (Wildman–Crippen MR) is 106 cm³/mol. The first-order chi connectivity index (χ1) is 12.2. The number of rotatable bonds is 4. The molecule has 4 aromatic rings. The summed E-state index contributed by atoms with van der Waals surface area (Å²) in [5.41, 5.74) is 3.26. The molecule has 0 radical (unpaired) electrons. The van der Waals surface area contributed by atoms with Crippen LogP contribution in [0.25, 0.3) is 20.4 Å². The van der Waals surface area contributed by atoms with Crippen LogP contribution in [0.3, 0.4) is 0 Å². The smallest absolute Gasteiger partial charge is 0.166 e. The summed E-state index contributed by atoms with van der Waals surface area (Å²) in [6, 6.07) is 12.1. The molecular formula is C19H22N4OS. The zero-order valence-electron chi connectivity index (χ0n) is 14.9. The minimum Gasteiger partial charge on any atom is -0.497 e. The first-order valence-electron chi connectivity index (χ1n) is 8.35. The van der Waals surface area contributed by atoms with E-state index in [0.29, 0.717) is 6.54 Å². The maximum atomic E-state index is 5.18. The highest BCUT2D eigenvalue weighted by Crippen LogP contribution is 2.35. The molecule has 0 aliphatic carbocycles. The Bertz CT molecular complexity index is 972. The van der Waals surface area contributed by atoms with Gasteiger partial charge in [-0.1, -0.05) is 26.0 Å². The molecule has 0 aliphatic rings. The molecule has 5 nitrogen and oxygen atoms in total. The standard InChI is InChI=1S/C17H16N4OS.C2H6/c1-10-3-8-13-14-15(23-17(13)19-10)16(21-20-14)18-9-11-4-6-12(22-2)7-5-11;1-2/h3-8H,9H2,1-2H3,(H2,18,20,21);1-2H3. The number of benzene rings is 1. The van der Waals surface area contributed by atoms with Crippen LogP contribution in [-0.4, -0.2) is 22.3 Å². The van der Waals surface area contributed by atoms with Crippen molar-refractivity contribution in [3.63, 3.8) is 0 Å². The van der Waals surface area contributed by atoms with Gasteiger partial charge in [0, 0.05) is 17.6 Å². The van der Waals surface area contributed by atoms with Crippen molar-refractivity contribution < 1.29 is 4.74 Å². The molecule has 6 heteroatoms. The van der Waals surface area contributed by atoms with Gasteiger partial charge < -0.3 is 10.1 Å². The van der Waals surface area contributed by atoms with Gasteiger partial charge in [0.25, 0.3) is 0 Å². The minimum atomic E-state index is 0.713. The second-order valence-corrected chi connectivity index (χ2v) is 6.38. The van der Waals surface area contributed by atoms with Gasteiger partial charge in [-0.3, -0.25) is 5.10 Å². The van der Waals surface area contributed by atoms with E-state index in [4.69, 9.17) is 4.74 Å². The average Bonchev–Trinajstić information content (AvgIpc) is 3.20. The summed E-state index contributed by atoms with van der Waals surface area (Å²) < 4.78 is 6.29. The third-order valence-corrected chi connectivity index (χ3v) is 4.91. The predicted octanol–water partition coefficient (Wildman–Crippen LogP) is 5.13. The number of thiophene rings is 1. The Morgan fingerprint density at radius 3 is 2.60 bits per heavy atom. The number of ether oxygens (including phenoxy) is 1. The molecule has 4 rings (SSSR count). The maximum absolute atomic E-state index is 5.18. The zero-order chi connectivity index (χ0) is 17.8. The number of fused-ring (bicyclic) bond motifs is 3. The maximum Gasteiger partial charge on any atom is 0.166 e. The summed E-state index contributed by atoms with van der Waals surface area (Å²) in [7, 11) is 1.67. The van der Waals surface area contributed by atoms with Gasteiger partial charge in [-0.15, -0.1) is 11.3 Å². The van der Waals surface area contributed by atoms with Crippen molar-refractivity contribution in [3.05, 3.63) is 47.7 Å². The third kappa shape index (κ3) is 3.44. The van der Waals surface area contributed by atoms with Crippen LogP contribution in [0.2, 0.25) is 0 Å². The summed E-state index contributed by atoms with van der Waals surface area (Å²) in [5.74, 6) is 1.73. The highest BCUT2D eigenvalue weighted by atomic mass is 32.1. The van der Waals surface area contributed by atoms with Crippen LogP contribution in [0.1, 0.15) is 25.1 Å². The van der Waals surface area contributed by atoms with Crippen LogP contribution in [0, 0.1) is 6.92 Å². The topological polar surface area (TPSA) is 62.8 Å². The number of anilines is 1. The Morgan fingerprint density at radius 2 is 1.88 bits per heavy atom. The first-order valence-corrected chi connectivity index (χ1v) is 9.17. The van der Waals surface area contributed by atoms with E-state index in [9.17, 15) is 0 Å². The van der Waals surface area contributed by atoms with E-state index in [1.165, 1.54) is 5.56 Å². The monoisotopic (exact) mass is 354 g/mol. The van der Waals surface area contributed by atoms with Crippen molar-refractivity contribution in [3.8, 4) is 5.75 Å². The number of pyridine rings is 1. The molecule has 3 aromatic heterocycles. The molecule has 2 N–H and O–H groups in total. The van der Waals surface area contributed by atoms with E-state index in [1.54, 1.807) is 18.4 Å². The average molecular weight is 354 g/mol. The molecule has 25 heavy (non-hydrogen) atoms. The quantitative estimate of drug-likeness (QED) is 0.533. The molecule has 0 amide bonds. The molecule has 0 fully saturated rings. The van der Waals surface area contributed by atoms with E-state index in [1.807, 2.05) is 51.1 Å². The Balaban J connectivity index is 0.000000880. The number of hydrogen-bond donors (Lipinski definition) is 2. The largest absolute Gasteiger partial charge is 0.497 e. The lowest BCUT2D eigenvalue weighted by molar-refractivity contribution is 0.414. The van der Waals surface area contributed by atoms with Crippen molar-refractivity contribution in [2.75, 3.05) is 12.4 Å². The van der Waals surface area contributed by atoms with Crippen LogP contribution in [-0.2, 0) is 6.54 Å². The Hall–Kier alpha value is -2.60. The highest BCUT2D eigenvalue weighted by Gasteiger charge is 2.13. The molecule has 3 heterocycles. The molecule has 0 saturated carbocycles. The minimum absolute atomic E-state index is 0.713. The molecule has 0 atom stereocenters. The fourth-order valence-electron chi connectivity index (χ4n) is 2.56. The number of aryl methyl sites for hydroxylation is 1. The SMILES string of the molecule is CC.COc1ccc(CNc2n[nH]c3c2sc2nc(C)ccc23)cc1. The first kappa shape index (κ1) is 17.2. The second kappa shape index (κ2) is 7.53. The zero-order valence-corrected chi connectivity index (χ0v) is 15.7. The van der Waals surface area contributed by atoms with E-state index in [2.05, 4.69) is 26.6 Å². The van der Waals surface area contributed by atoms with Gasteiger partial charge in [-0.05, 0) is 36.8 Å². The van der Waals surface area contributed by atoms with Gasteiger partial charge in [-0.2, -0.15) is 5.10 Å². The van der Waals surface area contributed by atoms with Gasteiger partial charge in [0.1, 0.15) is 10.6 Å². The molecule has 1 aromatic carbocycles. The van der Waals surface area contributed by atoms with Crippen LogP contribution < -0.4 is 10.1 Å². The van der Waals surface area contributed by atoms with E-state index in [0.717, 1.165) is 37.7 Å². The number of methoxy groups -OCH3 is 1. The van der Waals surface area contributed by atoms with Crippen LogP contribution in [0.4, 0.5) is 5.82 Å². The van der Waals surface area contributed by atoms with Crippen LogP contribution >= 0.6 is 11.3 Å². The van der Waals surface area contributed by atoms with Crippen molar-refractivity contribution in [2.24, 2.45) is 0 Å². The number of nitrogens with one attached hydrogen (secondary N) is 2. The number of aromatic nitrogens is 3. The lowest BCUT2D eigenvalue weighted by atomic mass is 10.2. The summed E-state index contributed by atoms with van der Waals surface area (Å²) in [6.07, 6.45) is 0. The molecule has 0 spiro atoms. The molecule has 0 saturated heterocycles. The molecule has 130 valence electrons. The van der Waals surface area contributed by atoms with Gasteiger partial charge in [0.05, 0.1) is 17.3 Å². The van der Waals surface area contributed by atoms with E-state index >= 15 is 0 Å². The molecule has 0 aliphatic heterocycles. The van der Waals surface area contributed by atoms with Crippen LogP contribution in [0.5, 0.6) is 5.75 Å². The Kier molecular flexibility index (Phi) is 5.19. The highest BCUT2D eigenvalue weighted by molar-refractivity contribution is 7.26. The third-order valence-electron chi connectivity index (χ3n) is 3.81. The Labute approximate surface area is 151 Å². The van der Waals surface area contributed by atoms with Gasteiger partial charge in [-0.25, -0.2) is 4.98 Å². The van der Waals surface area contributed by atoms with E-state index in [-0.39, 0.29) is 0 Å². The van der Waals surface area contributed by atoms with Crippen molar-refractivity contribution >= 4 is 37.6 Å². The lowest BCUT2D eigenvalue weighted by Crippen LogP contribution is -1.99. The van der Waals surface area contributed by atoms with Gasteiger partial charge >= 0.3 is 0 Å².